The highest BCUT2D eigenvalue weighted by molar-refractivity contribution is 5.52. The summed E-state index contributed by atoms with van der Waals surface area (Å²) in [5, 5.41) is 0. The topological polar surface area (TPSA) is 38.5 Å². The van der Waals surface area contributed by atoms with Crippen LogP contribution in [0.5, 0.6) is 0 Å². The second-order valence-corrected chi connectivity index (χ2v) is 4.99. The third-order valence-corrected chi connectivity index (χ3v) is 3.62. The second kappa shape index (κ2) is 3.75. The molecule has 0 amide bonds. The van der Waals surface area contributed by atoms with Crippen molar-refractivity contribution in [2.75, 3.05) is 25.9 Å². The predicted octanol–water partition coefficient (Wildman–Crippen LogP) is 1.72. The molecule has 0 fully saturated rings. The van der Waals surface area contributed by atoms with Gasteiger partial charge >= 0.3 is 0 Å². The van der Waals surface area contributed by atoms with E-state index in [9.17, 15) is 0 Å². The van der Waals surface area contributed by atoms with Gasteiger partial charge in [0.25, 0.3) is 0 Å². The molecule has 1 aromatic rings. The SMILES string of the molecule is CN1Cc2cc(N)cc3c2C(CCOC3)C1. The van der Waals surface area contributed by atoms with Crippen molar-refractivity contribution in [1.29, 1.82) is 0 Å². The molecule has 16 heavy (non-hydrogen) atoms. The first-order valence-electron chi connectivity index (χ1n) is 5.91. The minimum atomic E-state index is 0.631. The van der Waals surface area contributed by atoms with E-state index in [0.29, 0.717) is 5.92 Å². The number of anilines is 1. The van der Waals surface area contributed by atoms with Crippen molar-refractivity contribution in [3.8, 4) is 0 Å². The summed E-state index contributed by atoms with van der Waals surface area (Å²) in [6.45, 7) is 3.76. The number of nitrogens with two attached hydrogens (primary N) is 1. The maximum atomic E-state index is 5.95. The molecule has 2 aliphatic rings. The molecule has 2 N–H and O–H groups in total. The largest absolute Gasteiger partial charge is 0.399 e. The van der Waals surface area contributed by atoms with Crippen molar-refractivity contribution in [3.63, 3.8) is 0 Å². The molecule has 86 valence electrons. The molecule has 0 saturated carbocycles. The molecular weight excluding hydrogens is 200 g/mol. The van der Waals surface area contributed by atoms with E-state index in [1.807, 2.05) is 0 Å². The summed E-state index contributed by atoms with van der Waals surface area (Å²) in [5.74, 6) is 0.631. The van der Waals surface area contributed by atoms with Crippen LogP contribution in [-0.4, -0.2) is 25.1 Å². The molecule has 0 radical (unpaired) electrons. The molecule has 1 aromatic carbocycles. The van der Waals surface area contributed by atoms with Crippen LogP contribution in [0.1, 0.15) is 29.0 Å². The second-order valence-electron chi connectivity index (χ2n) is 4.99. The minimum Gasteiger partial charge on any atom is -0.399 e. The summed E-state index contributed by atoms with van der Waals surface area (Å²) < 4.78 is 5.65. The molecule has 0 bridgehead atoms. The Labute approximate surface area is 96.2 Å². The zero-order valence-electron chi connectivity index (χ0n) is 9.70. The van der Waals surface area contributed by atoms with Crippen LogP contribution in [0.3, 0.4) is 0 Å². The lowest BCUT2D eigenvalue weighted by Crippen LogP contribution is -2.31. The monoisotopic (exact) mass is 218 g/mol. The van der Waals surface area contributed by atoms with Gasteiger partial charge in [0.05, 0.1) is 6.61 Å². The zero-order valence-corrected chi connectivity index (χ0v) is 9.70. The van der Waals surface area contributed by atoms with Gasteiger partial charge in [0.1, 0.15) is 0 Å². The molecular formula is C13H18N2O. The molecule has 3 nitrogen and oxygen atoms in total. The molecule has 0 spiro atoms. The van der Waals surface area contributed by atoms with Crippen LogP contribution in [0.25, 0.3) is 0 Å². The van der Waals surface area contributed by atoms with Gasteiger partial charge in [-0.25, -0.2) is 0 Å². The van der Waals surface area contributed by atoms with Gasteiger partial charge in [0.2, 0.25) is 0 Å². The highest BCUT2D eigenvalue weighted by Gasteiger charge is 2.27. The predicted molar refractivity (Wildman–Crippen MR) is 64.2 cm³/mol. The number of ether oxygens (including phenoxy) is 1. The van der Waals surface area contributed by atoms with Crippen LogP contribution in [-0.2, 0) is 17.9 Å². The third kappa shape index (κ3) is 1.60. The first kappa shape index (κ1) is 10.1. The Kier molecular flexibility index (Phi) is 2.37. The van der Waals surface area contributed by atoms with Crippen molar-refractivity contribution >= 4 is 5.69 Å². The first-order chi connectivity index (χ1) is 7.74. The lowest BCUT2D eigenvalue weighted by atomic mass is 9.85. The van der Waals surface area contributed by atoms with Gasteiger partial charge in [0.15, 0.2) is 0 Å². The smallest absolute Gasteiger partial charge is 0.0720 e. The fraction of sp³-hybridized carbons (Fsp3) is 0.538. The van der Waals surface area contributed by atoms with E-state index in [1.54, 1.807) is 0 Å². The minimum absolute atomic E-state index is 0.631. The van der Waals surface area contributed by atoms with E-state index < -0.39 is 0 Å². The summed E-state index contributed by atoms with van der Waals surface area (Å²) in [6, 6.07) is 4.22. The molecule has 2 aliphatic heterocycles. The van der Waals surface area contributed by atoms with Crippen molar-refractivity contribution in [3.05, 3.63) is 28.8 Å². The summed E-state index contributed by atoms with van der Waals surface area (Å²) in [7, 11) is 2.18. The normalized spacial score (nSPS) is 24.9. The van der Waals surface area contributed by atoms with E-state index in [-0.39, 0.29) is 0 Å². The lowest BCUT2D eigenvalue weighted by molar-refractivity contribution is 0.119. The fourth-order valence-corrected chi connectivity index (χ4v) is 3.05. The van der Waals surface area contributed by atoms with E-state index in [0.717, 1.165) is 38.4 Å². The molecule has 0 saturated heterocycles. The van der Waals surface area contributed by atoms with E-state index >= 15 is 0 Å². The Morgan fingerprint density at radius 1 is 1.38 bits per heavy atom. The van der Waals surface area contributed by atoms with Crippen LogP contribution in [0.15, 0.2) is 12.1 Å². The van der Waals surface area contributed by atoms with Crippen LogP contribution in [0, 0.1) is 0 Å². The standard InChI is InChI=1S/C13H18N2O/c1-15-6-9-2-3-16-8-11-5-12(14)4-10(7-15)13(9)11/h4-5,9H,2-3,6-8,14H2,1H3. The number of hydrogen-bond donors (Lipinski definition) is 1. The van der Waals surface area contributed by atoms with Gasteiger partial charge < -0.3 is 15.4 Å². The number of nitrogens with zero attached hydrogens (tertiary/aromatic N) is 1. The summed E-state index contributed by atoms with van der Waals surface area (Å²) in [6.07, 6.45) is 1.13. The molecule has 3 rings (SSSR count). The number of benzene rings is 1. The van der Waals surface area contributed by atoms with Crippen LogP contribution < -0.4 is 5.73 Å². The van der Waals surface area contributed by atoms with Gasteiger partial charge in [0, 0.05) is 25.4 Å². The maximum absolute atomic E-state index is 5.95. The highest BCUT2D eigenvalue weighted by atomic mass is 16.5. The average molecular weight is 218 g/mol. The number of likely N-dealkylation sites (N-methyl/N-ethyl adjacent to an activating group) is 1. The lowest BCUT2D eigenvalue weighted by Gasteiger charge is -2.32. The number of nitrogen functional groups attached to an aromatic ring is 1. The molecule has 3 heteroatoms. The van der Waals surface area contributed by atoms with Gasteiger partial charge in [-0.3, -0.25) is 0 Å². The van der Waals surface area contributed by atoms with Gasteiger partial charge in [-0.15, -0.1) is 0 Å². The quantitative estimate of drug-likeness (QED) is 0.674. The third-order valence-electron chi connectivity index (χ3n) is 3.62. The van der Waals surface area contributed by atoms with Crippen molar-refractivity contribution in [1.82, 2.24) is 4.90 Å². The van der Waals surface area contributed by atoms with Gasteiger partial charge in [-0.05, 0) is 48.2 Å². The van der Waals surface area contributed by atoms with Crippen molar-refractivity contribution in [2.24, 2.45) is 0 Å². The fourth-order valence-electron chi connectivity index (χ4n) is 3.05. The van der Waals surface area contributed by atoms with Crippen LogP contribution in [0.4, 0.5) is 5.69 Å². The first-order valence-corrected chi connectivity index (χ1v) is 5.91. The molecule has 0 aromatic heterocycles. The Balaban J connectivity index is 2.14. The van der Waals surface area contributed by atoms with Crippen LogP contribution >= 0.6 is 0 Å². The molecule has 2 heterocycles. The maximum Gasteiger partial charge on any atom is 0.0720 e. The van der Waals surface area contributed by atoms with E-state index in [1.165, 1.54) is 16.7 Å². The van der Waals surface area contributed by atoms with Crippen molar-refractivity contribution < 1.29 is 4.74 Å². The zero-order chi connectivity index (χ0) is 11.1. The Hall–Kier alpha value is -1.06. The number of rotatable bonds is 0. The van der Waals surface area contributed by atoms with Gasteiger partial charge in [-0.2, -0.15) is 0 Å². The summed E-state index contributed by atoms with van der Waals surface area (Å²) in [4.78, 5) is 2.38. The number of hydrogen-bond acceptors (Lipinski definition) is 3. The Morgan fingerprint density at radius 3 is 3.06 bits per heavy atom. The average Bonchev–Trinajstić information content (AvgIpc) is 2.40. The Morgan fingerprint density at radius 2 is 2.19 bits per heavy atom. The molecule has 0 aliphatic carbocycles. The van der Waals surface area contributed by atoms with E-state index in [4.69, 9.17) is 10.5 Å². The summed E-state index contributed by atoms with van der Waals surface area (Å²) >= 11 is 0. The molecule has 1 unspecified atom stereocenters. The van der Waals surface area contributed by atoms with Crippen molar-refractivity contribution in [2.45, 2.75) is 25.5 Å². The van der Waals surface area contributed by atoms with Gasteiger partial charge in [-0.1, -0.05) is 0 Å². The Bertz CT molecular complexity index is 417. The molecule has 1 atom stereocenters. The van der Waals surface area contributed by atoms with Crippen LogP contribution in [0.2, 0.25) is 0 Å². The van der Waals surface area contributed by atoms with E-state index in [2.05, 4.69) is 24.1 Å². The highest BCUT2D eigenvalue weighted by Crippen LogP contribution is 2.36. The summed E-state index contributed by atoms with van der Waals surface area (Å²) in [5.41, 5.74) is 11.1.